The first-order valence-corrected chi connectivity index (χ1v) is 9.32. The van der Waals surface area contributed by atoms with Crippen molar-refractivity contribution in [3.63, 3.8) is 0 Å². The molecule has 4 nitrogen and oxygen atoms in total. The highest BCUT2D eigenvalue weighted by Gasteiger charge is 2.25. The minimum Gasteiger partial charge on any atom is -0.322 e. The highest BCUT2D eigenvalue weighted by Crippen LogP contribution is 2.19. The van der Waals surface area contributed by atoms with Gasteiger partial charge < -0.3 is 15.1 Å². The average molecular weight is 380 g/mol. The van der Waals surface area contributed by atoms with Gasteiger partial charge in [-0.2, -0.15) is 0 Å². The van der Waals surface area contributed by atoms with E-state index in [9.17, 15) is 4.79 Å². The molecule has 0 atom stereocenters. The first kappa shape index (κ1) is 18.2. The maximum atomic E-state index is 12.2. The van der Waals surface area contributed by atoms with E-state index in [1.807, 2.05) is 36.4 Å². The molecule has 1 heterocycles. The zero-order chi connectivity index (χ0) is 17.6. The van der Waals surface area contributed by atoms with Crippen LogP contribution in [0.3, 0.4) is 0 Å². The monoisotopic (exact) mass is 379 g/mol. The number of hydrogen-bond acceptors (Lipinski definition) is 1. The molecule has 1 aliphatic heterocycles. The number of para-hydroxylation sites is 1. The van der Waals surface area contributed by atoms with Crippen LogP contribution in [0.5, 0.6) is 0 Å². The highest BCUT2D eigenvalue weighted by molar-refractivity contribution is 6.33. The molecular formula is C19H23Cl2N3O+2. The van der Waals surface area contributed by atoms with Crippen LogP contribution in [0.4, 0.5) is 5.69 Å². The normalized spacial score (nSPS) is 20.2. The molecule has 1 saturated heterocycles. The summed E-state index contributed by atoms with van der Waals surface area (Å²) in [5.74, 6) is 0.0152. The van der Waals surface area contributed by atoms with Crippen molar-refractivity contribution in [2.45, 2.75) is 6.54 Å². The second-order valence-corrected chi connectivity index (χ2v) is 7.36. The van der Waals surface area contributed by atoms with Crippen LogP contribution >= 0.6 is 23.2 Å². The van der Waals surface area contributed by atoms with E-state index in [0.29, 0.717) is 17.3 Å². The van der Waals surface area contributed by atoms with E-state index in [4.69, 9.17) is 23.2 Å². The number of nitrogens with one attached hydrogen (secondary N) is 3. The first-order chi connectivity index (χ1) is 12.1. The molecule has 25 heavy (non-hydrogen) atoms. The molecule has 0 aliphatic carbocycles. The standard InChI is InChI=1S/C19H21Cl2N3O/c20-16-5-3-4-15(12-16)13-23-8-10-24(11-9-23)14-19(25)22-18-7-2-1-6-17(18)21/h1-7,12H,8-11,13-14H2,(H,22,25)/p+2. The molecule has 0 saturated carbocycles. The van der Waals surface area contributed by atoms with E-state index >= 15 is 0 Å². The number of carbonyl (C=O) groups is 1. The molecule has 0 spiro atoms. The first-order valence-electron chi connectivity index (χ1n) is 8.56. The molecule has 1 aliphatic rings. The van der Waals surface area contributed by atoms with Crippen molar-refractivity contribution in [3.05, 3.63) is 64.1 Å². The number of carbonyl (C=O) groups excluding carboxylic acids is 1. The minimum absolute atomic E-state index is 0.0152. The number of quaternary nitrogens is 2. The Labute approximate surface area is 158 Å². The van der Waals surface area contributed by atoms with E-state index in [1.165, 1.54) is 15.4 Å². The van der Waals surface area contributed by atoms with Crippen molar-refractivity contribution in [1.29, 1.82) is 0 Å². The third kappa shape index (κ3) is 5.44. The van der Waals surface area contributed by atoms with Crippen LogP contribution in [0.15, 0.2) is 48.5 Å². The van der Waals surface area contributed by atoms with Crippen molar-refractivity contribution in [2.75, 3.05) is 38.0 Å². The summed E-state index contributed by atoms with van der Waals surface area (Å²) in [6, 6.07) is 15.4. The van der Waals surface area contributed by atoms with Crippen LogP contribution in [0.25, 0.3) is 0 Å². The molecule has 0 radical (unpaired) electrons. The Balaban J connectivity index is 1.44. The highest BCUT2D eigenvalue weighted by atomic mass is 35.5. The van der Waals surface area contributed by atoms with E-state index in [0.717, 1.165) is 37.7 Å². The second-order valence-electron chi connectivity index (χ2n) is 6.51. The van der Waals surface area contributed by atoms with Crippen molar-refractivity contribution in [1.82, 2.24) is 0 Å². The Morgan fingerprint density at radius 1 is 0.960 bits per heavy atom. The fraction of sp³-hybridized carbons (Fsp3) is 0.316. The summed E-state index contributed by atoms with van der Waals surface area (Å²) in [6.45, 7) is 5.56. The van der Waals surface area contributed by atoms with Crippen molar-refractivity contribution in [3.8, 4) is 0 Å². The zero-order valence-electron chi connectivity index (χ0n) is 14.0. The third-order valence-electron chi connectivity index (χ3n) is 4.57. The Morgan fingerprint density at radius 3 is 2.40 bits per heavy atom. The van der Waals surface area contributed by atoms with Gasteiger partial charge in [0.25, 0.3) is 5.91 Å². The van der Waals surface area contributed by atoms with Gasteiger partial charge in [0.1, 0.15) is 32.7 Å². The molecule has 0 aromatic heterocycles. The summed E-state index contributed by atoms with van der Waals surface area (Å²) in [4.78, 5) is 15.1. The Morgan fingerprint density at radius 2 is 1.68 bits per heavy atom. The van der Waals surface area contributed by atoms with Crippen LogP contribution in [0.2, 0.25) is 10.0 Å². The number of anilines is 1. The lowest BCUT2D eigenvalue weighted by Gasteiger charge is -2.29. The Hall–Kier alpha value is -1.59. The lowest BCUT2D eigenvalue weighted by Crippen LogP contribution is -3.28. The van der Waals surface area contributed by atoms with Crippen molar-refractivity contribution >= 4 is 34.8 Å². The van der Waals surface area contributed by atoms with Gasteiger partial charge in [0, 0.05) is 10.6 Å². The number of benzene rings is 2. The number of halogens is 2. The summed E-state index contributed by atoms with van der Waals surface area (Å²) in [5, 5.41) is 4.26. The zero-order valence-corrected chi connectivity index (χ0v) is 15.5. The van der Waals surface area contributed by atoms with Crippen LogP contribution in [-0.4, -0.2) is 38.6 Å². The quantitative estimate of drug-likeness (QED) is 0.709. The minimum atomic E-state index is 0.0152. The van der Waals surface area contributed by atoms with Crippen LogP contribution in [0.1, 0.15) is 5.56 Å². The largest absolute Gasteiger partial charge is 0.322 e. The van der Waals surface area contributed by atoms with Gasteiger partial charge in [0.2, 0.25) is 0 Å². The fourth-order valence-corrected chi connectivity index (χ4v) is 3.63. The molecular weight excluding hydrogens is 357 g/mol. The van der Waals surface area contributed by atoms with Gasteiger partial charge in [-0.25, -0.2) is 0 Å². The Kier molecular flexibility index (Phi) is 6.32. The number of hydrogen-bond donors (Lipinski definition) is 3. The molecule has 3 rings (SSSR count). The van der Waals surface area contributed by atoms with E-state index in [2.05, 4.69) is 11.4 Å². The molecule has 0 bridgehead atoms. The molecule has 6 heteroatoms. The predicted molar refractivity (Wildman–Crippen MR) is 101 cm³/mol. The molecule has 2 aromatic rings. The summed E-state index contributed by atoms with van der Waals surface area (Å²) in [5.41, 5.74) is 1.95. The summed E-state index contributed by atoms with van der Waals surface area (Å²) < 4.78 is 0. The topological polar surface area (TPSA) is 38.0 Å². The summed E-state index contributed by atoms with van der Waals surface area (Å²) in [6.07, 6.45) is 0. The third-order valence-corrected chi connectivity index (χ3v) is 5.13. The van der Waals surface area contributed by atoms with Gasteiger partial charge in [-0.05, 0) is 24.3 Å². The van der Waals surface area contributed by atoms with E-state index < -0.39 is 0 Å². The maximum absolute atomic E-state index is 12.2. The second kappa shape index (κ2) is 8.68. The average Bonchev–Trinajstić information content (AvgIpc) is 2.59. The SMILES string of the molecule is O=C(C[NH+]1CC[NH+](Cc2cccc(Cl)c2)CC1)Nc1ccccc1Cl. The molecule has 0 unspecified atom stereocenters. The van der Waals surface area contributed by atoms with Crippen LogP contribution in [0, 0.1) is 0 Å². The number of rotatable bonds is 5. The lowest BCUT2D eigenvalue weighted by atomic mass is 10.2. The van der Waals surface area contributed by atoms with Gasteiger partial charge in [-0.1, -0.05) is 47.5 Å². The number of piperazine rings is 1. The van der Waals surface area contributed by atoms with Gasteiger partial charge in [0.15, 0.2) is 6.54 Å². The van der Waals surface area contributed by atoms with Gasteiger partial charge in [-0.3, -0.25) is 4.79 Å². The smallest absolute Gasteiger partial charge is 0.279 e. The van der Waals surface area contributed by atoms with Gasteiger partial charge in [-0.15, -0.1) is 0 Å². The van der Waals surface area contributed by atoms with Crippen molar-refractivity contribution < 1.29 is 14.6 Å². The fourth-order valence-electron chi connectivity index (χ4n) is 3.23. The molecule has 3 N–H and O–H groups in total. The predicted octanol–water partition coefficient (Wildman–Crippen LogP) is 0.916. The van der Waals surface area contributed by atoms with Crippen LogP contribution < -0.4 is 15.1 Å². The van der Waals surface area contributed by atoms with E-state index in [-0.39, 0.29) is 5.91 Å². The lowest BCUT2D eigenvalue weighted by molar-refractivity contribution is -1.02. The summed E-state index contributed by atoms with van der Waals surface area (Å²) >= 11 is 12.1. The molecule has 1 amide bonds. The van der Waals surface area contributed by atoms with E-state index in [1.54, 1.807) is 6.07 Å². The van der Waals surface area contributed by atoms with Gasteiger partial charge >= 0.3 is 0 Å². The van der Waals surface area contributed by atoms with Crippen molar-refractivity contribution in [2.24, 2.45) is 0 Å². The summed E-state index contributed by atoms with van der Waals surface area (Å²) in [7, 11) is 0. The maximum Gasteiger partial charge on any atom is 0.279 e. The Bertz CT molecular complexity index is 730. The van der Waals surface area contributed by atoms with Gasteiger partial charge in [0.05, 0.1) is 10.7 Å². The molecule has 1 fully saturated rings. The molecule has 2 aromatic carbocycles. The number of amides is 1. The van der Waals surface area contributed by atoms with Crippen LogP contribution in [-0.2, 0) is 11.3 Å². The molecule has 132 valence electrons.